The lowest BCUT2D eigenvalue weighted by Gasteiger charge is -2.34. The molecule has 1 aliphatic heterocycles. The van der Waals surface area contributed by atoms with Gasteiger partial charge in [0.15, 0.2) is 0 Å². The Morgan fingerprint density at radius 2 is 2.06 bits per heavy atom. The van der Waals surface area contributed by atoms with Gasteiger partial charge in [-0.2, -0.15) is 0 Å². The zero-order valence-electron chi connectivity index (χ0n) is 18.2. The molecule has 8 heteroatoms. The summed E-state index contributed by atoms with van der Waals surface area (Å²) in [6.45, 7) is 7.95. The van der Waals surface area contributed by atoms with Crippen LogP contribution in [0.4, 0.5) is 10.8 Å². The summed E-state index contributed by atoms with van der Waals surface area (Å²) >= 11 is 1.54. The third-order valence-corrected chi connectivity index (χ3v) is 7.13. The van der Waals surface area contributed by atoms with Crippen LogP contribution in [0, 0.1) is 5.92 Å². The number of piperazine rings is 1. The highest BCUT2D eigenvalue weighted by Crippen LogP contribution is 2.40. The van der Waals surface area contributed by atoms with Gasteiger partial charge in [0.2, 0.25) is 5.91 Å². The molecule has 2 aromatic heterocycles. The van der Waals surface area contributed by atoms with Gasteiger partial charge in [-0.1, -0.05) is 13.0 Å². The number of hydrogen-bond acceptors (Lipinski definition) is 7. The highest BCUT2D eigenvalue weighted by Gasteiger charge is 2.29. The number of nitrogens with one attached hydrogen (secondary N) is 1. The van der Waals surface area contributed by atoms with E-state index >= 15 is 0 Å². The highest BCUT2D eigenvalue weighted by atomic mass is 32.1. The van der Waals surface area contributed by atoms with E-state index in [1.54, 1.807) is 17.5 Å². The van der Waals surface area contributed by atoms with E-state index in [1.165, 1.54) is 4.88 Å². The summed E-state index contributed by atoms with van der Waals surface area (Å²) in [5.41, 5.74) is 1.64. The van der Waals surface area contributed by atoms with Crippen LogP contribution < -0.4 is 10.2 Å². The van der Waals surface area contributed by atoms with Crippen molar-refractivity contribution in [1.82, 2.24) is 9.88 Å². The molecule has 1 N–H and O–H groups in total. The maximum Gasteiger partial charge on any atom is 0.341 e. The van der Waals surface area contributed by atoms with E-state index in [4.69, 9.17) is 4.74 Å². The van der Waals surface area contributed by atoms with E-state index in [-0.39, 0.29) is 11.9 Å². The predicted molar refractivity (Wildman–Crippen MR) is 123 cm³/mol. The smallest absolute Gasteiger partial charge is 0.341 e. The van der Waals surface area contributed by atoms with Crippen LogP contribution in [-0.2, 0) is 22.4 Å². The minimum atomic E-state index is -0.325. The number of rotatable bonds is 6. The fraction of sp³-hybridized carbons (Fsp3) is 0.522. The van der Waals surface area contributed by atoms with Gasteiger partial charge >= 0.3 is 5.97 Å². The standard InChI is InChI=1S/C23H30N4O3S/c1-3-30-23(29)21-17-8-7-16(2)14-18(17)31-22(21)25-20(28)15-26-10-12-27(13-11-26)19-6-4-5-9-24-19/h4-6,9,16H,3,7-8,10-15H2,1-2H3,(H,25,28)/t16-/m0/s1. The lowest BCUT2D eigenvalue weighted by atomic mass is 9.88. The third-order valence-electron chi connectivity index (χ3n) is 5.96. The van der Waals surface area contributed by atoms with Gasteiger partial charge in [-0.15, -0.1) is 11.3 Å². The quantitative estimate of drug-likeness (QED) is 0.693. The molecule has 0 spiro atoms. The number of aromatic nitrogens is 1. The van der Waals surface area contributed by atoms with Gasteiger partial charge in [-0.3, -0.25) is 9.69 Å². The maximum absolute atomic E-state index is 12.8. The van der Waals surface area contributed by atoms with E-state index in [0.717, 1.165) is 56.8 Å². The Bertz CT molecular complexity index is 922. The lowest BCUT2D eigenvalue weighted by Crippen LogP contribution is -2.48. The molecular weight excluding hydrogens is 412 g/mol. The average molecular weight is 443 g/mol. The first-order valence-corrected chi connectivity index (χ1v) is 11.9. The van der Waals surface area contributed by atoms with Crippen molar-refractivity contribution in [3.63, 3.8) is 0 Å². The number of carbonyl (C=O) groups excluding carboxylic acids is 2. The second kappa shape index (κ2) is 9.78. The van der Waals surface area contributed by atoms with Crippen LogP contribution in [-0.4, -0.2) is 61.1 Å². The number of nitrogens with zero attached hydrogens (tertiary/aromatic N) is 3. The summed E-state index contributed by atoms with van der Waals surface area (Å²) < 4.78 is 5.30. The monoisotopic (exact) mass is 442 g/mol. The molecule has 3 heterocycles. The molecule has 1 fully saturated rings. The van der Waals surface area contributed by atoms with E-state index in [1.807, 2.05) is 25.1 Å². The van der Waals surface area contributed by atoms with E-state index in [2.05, 4.69) is 27.0 Å². The molecule has 1 amide bonds. The summed E-state index contributed by atoms with van der Waals surface area (Å²) in [5.74, 6) is 1.17. The van der Waals surface area contributed by atoms with Crippen molar-refractivity contribution in [2.24, 2.45) is 5.92 Å². The Morgan fingerprint density at radius 1 is 1.26 bits per heavy atom. The Kier molecular flexibility index (Phi) is 6.87. The number of ether oxygens (including phenoxy) is 1. The number of carbonyl (C=O) groups is 2. The predicted octanol–water partition coefficient (Wildman–Crippen LogP) is 3.21. The largest absolute Gasteiger partial charge is 0.462 e. The highest BCUT2D eigenvalue weighted by molar-refractivity contribution is 7.17. The lowest BCUT2D eigenvalue weighted by molar-refractivity contribution is -0.117. The second-order valence-electron chi connectivity index (χ2n) is 8.28. The topological polar surface area (TPSA) is 74.8 Å². The van der Waals surface area contributed by atoms with Crippen LogP contribution in [0.3, 0.4) is 0 Å². The second-order valence-corrected chi connectivity index (χ2v) is 9.38. The van der Waals surface area contributed by atoms with Crippen LogP contribution in [0.25, 0.3) is 0 Å². The van der Waals surface area contributed by atoms with Gasteiger partial charge < -0.3 is 15.0 Å². The van der Waals surface area contributed by atoms with Crippen LogP contribution in [0.5, 0.6) is 0 Å². The first-order chi connectivity index (χ1) is 15.0. The molecular formula is C23H30N4O3S. The third kappa shape index (κ3) is 5.07. The molecule has 31 heavy (non-hydrogen) atoms. The molecule has 2 aromatic rings. The van der Waals surface area contributed by atoms with Crippen LogP contribution >= 0.6 is 11.3 Å². The Labute approximate surface area is 187 Å². The Hall–Kier alpha value is -2.45. The number of anilines is 2. The first kappa shape index (κ1) is 21.8. The zero-order chi connectivity index (χ0) is 21.8. The fourth-order valence-corrected chi connectivity index (χ4v) is 5.72. The molecule has 0 radical (unpaired) electrons. The minimum Gasteiger partial charge on any atom is -0.462 e. The fourth-order valence-electron chi connectivity index (χ4n) is 4.30. The van der Waals surface area contributed by atoms with Crippen molar-refractivity contribution in [3.8, 4) is 0 Å². The van der Waals surface area contributed by atoms with Crippen molar-refractivity contribution >= 4 is 34.0 Å². The maximum atomic E-state index is 12.8. The zero-order valence-corrected chi connectivity index (χ0v) is 19.0. The van der Waals surface area contributed by atoms with E-state index < -0.39 is 0 Å². The van der Waals surface area contributed by atoms with Crippen LogP contribution in [0.15, 0.2) is 24.4 Å². The first-order valence-electron chi connectivity index (χ1n) is 11.0. The van der Waals surface area contributed by atoms with Crippen molar-refractivity contribution in [1.29, 1.82) is 0 Å². The molecule has 1 aliphatic carbocycles. The molecule has 0 bridgehead atoms. The van der Waals surface area contributed by atoms with Crippen molar-refractivity contribution < 1.29 is 14.3 Å². The van der Waals surface area contributed by atoms with Crippen molar-refractivity contribution in [2.75, 3.05) is 49.5 Å². The van der Waals surface area contributed by atoms with Gasteiger partial charge in [-0.25, -0.2) is 9.78 Å². The normalized spacial score (nSPS) is 19.0. The number of thiophene rings is 1. The van der Waals surface area contributed by atoms with Gasteiger partial charge in [0.1, 0.15) is 10.8 Å². The van der Waals surface area contributed by atoms with Crippen LogP contribution in [0.2, 0.25) is 0 Å². The molecule has 0 aromatic carbocycles. The van der Waals surface area contributed by atoms with Gasteiger partial charge in [0.05, 0.1) is 18.7 Å². The summed E-state index contributed by atoms with van der Waals surface area (Å²) in [6, 6.07) is 5.92. The number of amides is 1. The number of fused-ring (bicyclic) bond motifs is 1. The average Bonchev–Trinajstić information content (AvgIpc) is 3.11. The molecule has 166 valence electrons. The summed E-state index contributed by atoms with van der Waals surface area (Å²) in [4.78, 5) is 35.5. The molecule has 2 aliphatic rings. The van der Waals surface area contributed by atoms with Crippen molar-refractivity contribution in [2.45, 2.75) is 33.1 Å². The van der Waals surface area contributed by atoms with E-state index in [9.17, 15) is 9.59 Å². The Balaban J connectivity index is 1.39. The molecule has 0 unspecified atom stereocenters. The molecule has 4 rings (SSSR count). The molecule has 1 atom stereocenters. The number of pyridine rings is 1. The van der Waals surface area contributed by atoms with Gasteiger partial charge in [-0.05, 0) is 49.8 Å². The Morgan fingerprint density at radius 3 is 2.77 bits per heavy atom. The molecule has 0 saturated carbocycles. The summed E-state index contributed by atoms with van der Waals surface area (Å²) in [6.07, 6.45) is 4.69. The van der Waals surface area contributed by atoms with E-state index in [0.29, 0.717) is 29.6 Å². The number of esters is 1. The van der Waals surface area contributed by atoms with Crippen molar-refractivity contribution in [3.05, 3.63) is 40.4 Å². The van der Waals surface area contributed by atoms with Gasteiger partial charge in [0.25, 0.3) is 0 Å². The summed E-state index contributed by atoms with van der Waals surface area (Å²) in [7, 11) is 0. The summed E-state index contributed by atoms with van der Waals surface area (Å²) in [5, 5.41) is 3.67. The molecule has 1 saturated heterocycles. The van der Waals surface area contributed by atoms with Crippen LogP contribution in [0.1, 0.15) is 41.1 Å². The molecule has 7 nitrogen and oxygen atoms in total. The number of hydrogen-bond donors (Lipinski definition) is 1. The SMILES string of the molecule is CCOC(=O)c1c(NC(=O)CN2CCN(c3ccccn3)CC2)sc2c1CC[C@H](C)C2. The van der Waals surface area contributed by atoms with Gasteiger partial charge in [0, 0.05) is 37.3 Å². The minimum absolute atomic E-state index is 0.0801.